The number of hydrogen-bond acceptors (Lipinski definition) is 2. The molecule has 0 saturated heterocycles. The van der Waals surface area contributed by atoms with Gasteiger partial charge in [0.15, 0.2) is 0 Å². The molecule has 0 fully saturated rings. The molecule has 0 spiro atoms. The third-order valence-corrected chi connectivity index (χ3v) is 6.51. The highest BCUT2D eigenvalue weighted by atomic mass is 19.1. The van der Waals surface area contributed by atoms with Gasteiger partial charge in [0, 0.05) is 28.1 Å². The maximum atomic E-state index is 15.3. The van der Waals surface area contributed by atoms with Gasteiger partial charge in [-0.2, -0.15) is 0 Å². The summed E-state index contributed by atoms with van der Waals surface area (Å²) in [5.74, 6) is -1.09. The molecule has 0 aliphatic carbocycles. The van der Waals surface area contributed by atoms with Crippen LogP contribution in [0.1, 0.15) is 17.2 Å². The second-order valence-corrected chi connectivity index (χ2v) is 8.64. The van der Waals surface area contributed by atoms with E-state index in [4.69, 9.17) is 0 Å². The number of rotatable bonds is 4. The molecule has 2 aliphatic heterocycles. The molecule has 0 bridgehead atoms. The summed E-state index contributed by atoms with van der Waals surface area (Å²) >= 11 is 0. The topological polar surface area (TPSA) is 40.6 Å². The van der Waals surface area contributed by atoms with E-state index in [-0.39, 0.29) is 17.5 Å². The number of benzene rings is 4. The maximum Gasteiger partial charge on any atom is 0.276 e. The monoisotopic (exact) mass is 472 g/mol. The van der Waals surface area contributed by atoms with Crippen molar-refractivity contribution >= 4 is 29.3 Å². The van der Waals surface area contributed by atoms with Crippen molar-refractivity contribution in [2.45, 2.75) is 6.04 Å². The van der Waals surface area contributed by atoms with Crippen molar-refractivity contribution in [3.8, 4) is 0 Å². The van der Waals surface area contributed by atoms with Gasteiger partial charge in [0.1, 0.15) is 11.5 Å². The highest BCUT2D eigenvalue weighted by Crippen LogP contribution is 2.51. The second-order valence-electron chi connectivity index (χ2n) is 8.64. The van der Waals surface area contributed by atoms with E-state index in [9.17, 15) is 9.59 Å². The lowest BCUT2D eigenvalue weighted by molar-refractivity contribution is -0.118. The number of halogens is 1. The maximum absolute atomic E-state index is 15.3. The first kappa shape index (κ1) is 21.7. The van der Waals surface area contributed by atoms with Crippen LogP contribution in [0.2, 0.25) is 0 Å². The average molecular weight is 473 g/mol. The van der Waals surface area contributed by atoms with E-state index < -0.39 is 11.9 Å². The minimum absolute atomic E-state index is 0.255. The van der Waals surface area contributed by atoms with Crippen LogP contribution < -0.4 is 9.80 Å². The van der Waals surface area contributed by atoms with Crippen LogP contribution in [0.15, 0.2) is 132 Å². The molecule has 6 rings (SSSR count). The summed E-state index contributed by atoms with van der Waals surface area (Å²) in [5, 5.41) is 0. The first-order chi connectivity index (χ1) is 17.6. The molecular formula is C31H21FN2O2. The molecule has 5 heteroatoms. The Bertz CT molecular complexity index is 1530. The van der Waals surface area contributed by atoms with E-state index >= 15 is 4.39 Å². The summed E-state index contributed by atoms with van der Waals surface area (Å²) in [6.07, 6.45) is 1.79. The Hall–Kier alpha value is -4.77. The zero-order valence-corrected chi connectivity index (χ0v) is 19.2. The van der Waals surface area contributed by atoms with Gasteiger partial charge in [-0.1, -0.05) is 84.9 Å². The van der Waals surface area contributed by atoms with E-state index in [0.29, 0.717) is 28.1 Å². The van der Waals surface area contributed by atoms with Crippen molar-refractivity contribution in [3.05, 3.63) is 149 Å². The zero-order chi connectivity index (χ0) is 24.6. The summed E-state index contributed by atoms with van der Waals surface area (Å²) < 4.78 is 15.3. The first-order valence-electron chi connectivity index (χ1n) is 11.7. The van der Waals surface area contributed by atoms with E-state index in [1.54, 1.807) is 41.3 Å². The number of nitrogens with zero attached hydrogens (tertiary/aromatic N) is 2. The second kappa shape index (κ2) is 8.78. The van der Waals surface area contributed by atoms with E-state index in [2.05, 4.69) is 0 Å². The molecular weight excluding hydrogens is 451 g/mol. The van der Waals surface area contributed by atoms with Gasteiger partial charge in [-0.25, -0.2) is 4.39 Å². The van der Waals surface area contributed by atoms with Gasteiger partial charge in [0.05, 0.1) is 6.04 Å². The van der Waals surface area contributed by atoms with Crippen LogP contribution in [-0.2, 0) is 9.59 Å². The van der Waals surface area contributed by atoms with Crippen LogP contribution >= 0.6 is 0 Å². The predicted octanol–water partition coefficient (Wildman–Crippen LogP) is 6.30. The zero-order valence-electron chi connectivity index (χ0n) is 19.2. The number of carbonyl (C=O) groups is 2. The van der Waals surface area contributed by atoms with Crippen molar-refractivity contribution in [1.82, 2.24) is 0 Å². The summed E-state index contributed by atoms with van der Waals surface area (Å²) in [5.41, 5.74) is 3.51. The van der Waals surface area contributed by atoms with E-state index in [1.807, 2.05) is 78.9 Å². The third kappa shape index (κ3) is 3.45. The van der Waals surface area contributed by atoms with Crippen LogP contribution in [0, 0.1) is 5.82 Å². The summed E-state index contributed by atoms with van der Waals surface area (Å²) in [6.45, 7) is 0. The fourth-order valence-corrected chi connectivity index (χ4v) is 4.96. The Morgan fingerprint density at radius 3 is 1.83 bits per heavy atom. The lowest BCUT2D eigenvalue weighted by Gasteiger charge is -2.30. The van der Waals surface area contributed by atoms with Crippen molar-refractivity contribution in [3.63, 3.8) is 0 Å². The molecule has 36 heavy (non-hydrogen) atoms. The molecule has 2 heterocycles. The van der Waals surface area contributed by atoms with Crippen LogP contribution in [0.3, 0.4) is 0 Å². The Morgan fingerprint density at radius 1 is 0.639 bits per heavy atom. The Balaban J connectivity index is 1.64. The molecule has 0 aromatic heterocycles. The quantitative estimate of drug-likeness (QED) is 0.327. The van der Waals surface area contributed by atoms with Crippen LogP contribution in [0.25, 0.3) is 6.08 Å². The third-order valence-electron chi connectivity index (χ3n) is 6.51. The van der Waals surface area contributed by atoms with Gasteiger partial charge in [0.25, 0.3) is 11.8 Å². The lowest BCUT2D eigenvalue weighted by atomic mass is 9.92. The number of para-hydroxylation sites is 2. The number of anilines is 2. The number of amides is 2. The Morgan fingerprint density at radius 2 is 1.19 bits per heavy atom. The van der Waals surface area contributed by atoms with E-state index in [1.165, 1.54) is 11.0 Å². The fourth-order valence-electron chi connectivity index (χ4n) is 4.96. The van der Waals surface area contributed by atoms with Crippen LogP contribution in [-0.4, -0.2) is 11.8 Å². The summed E-state index contributed by atoms with van der Waals surface area (Å²) in [7, 11) is 0. The molecule has 4 aromatic carbocycles. The molecule has 4 nitrogen and oxygen atoms in total. The standard InChI is InChI=1S/C31H21FN2O2/c32-26-19-11-10-18-24(26)28-27-25(20-21-12-4-1-5-13-21)30(35)34(23-16-8-3-9-17-23)29(27)31(36)33(28)22-14-6-2-7-15-22/h1-20,28H/b25-20-/t28-/m0/s1. The van der Waals surface area contributed by atoms with Gasteiger partial charge >= 0.3 is 0 Å². The van der Waals surface area contributed by atoms with Crippen molar-refractivity contribution in [2.24, 2.45) is 0 Å². The van der Waals surface area contributed by atoms with Gasteiger partial charge < -0.3 is 0 Å². The molecule has 2 aliphatic rings. The van der Waals surface area contributed by atoms with Gasteiger partial charge in [0.2, 0.25) is 0 Å². The van der Waals surface area contributed by atoms with Gasteiger partial charge in [-0.3, -0.25) is 19.4 Å². The molecule has 2 amide bonds. The predicted molar refractivity (Wildman–Crippen MR) is 138 cm³/mol. The van der Waals surface area contributed by atoms with Crippen LogP contribution in [0.5, 0.6) is 0 Å². The molecule has 0 unspecified atom stereocenters. The average Bonchev–Trinajstić information content (AvgIpc) is 3.37. The van der Waals surface area contributed by atoms with Crippen molar-refractivity contribution < 1.29 is 14.0 Å². The number of carbonyl (C=O) groups excluding carboxylic acids is 2. The van der Waals surface area contributed by atoms with Gasteiger partial charge in [-0.05, 0) is 42.0 Å². The molecule has 0 radical (unpaired) electrons. The minimum atomic E-state index is -0.802. The Labute approximate surface area is 208 Å². The van der Waals surface area contributed by atoms with Crippen LogP contribution in [0.4, 0.5) is 15.8 Å². The fraction of sp³-hybridized carbons (Fsp3) is 0.0323. The number of hydrogen-bond donors (Lipinski definition) is 0. The smallest absolute Gasteiger partial charge is 0.276 e. The molecule has 174 valence electrons. The molecule has 0 saturated carbocycles. The van der Waals surface area contributed by atoms with E-state index in [0.717, 1.165) is 5.56 Å². The Kier molecular flexibility index (Phi) is 5.30. The van der Waals surface area contributed by atoms with Crippen molar-refractivity contribution in [2.75, 3.05) is 9.80 Å². The molecule has 0 N–H and O–H groups in total. The molecule has 4 aromatic rings. The van der Waals surface area contributed by atoms with Crippen molar-refractivity contribution in [1.29, 1.82) is 0 Å². The largest absolute Gasteiger partial charge is 0.295 e. The molecule has 1 atom stereocenters. The highest BCUT2D eigenvalue weighted by molar-refractivity contribution is 6.29. The summed E-state index contributed by atoms with van der Waals surface area (Å²) in [4.78, 5) is 31.1. The van der Waals surface area contributed by atoms with Gasteiger partial charge in [-0.15, -0.1) is 0 Å². The lowest BCUT2D eigenvalue weighted by Crippen LogP contribution is -2.38. The minimum Gasteiger partial charge on any atom is -0.295 e. The normalized spacial score (nSPS) is 18.4. The summed E-state index contributed by atoms with van der Waals surface area (Å²) in [6, 6.07) is 33.4. The first-order valence-corrected chi connectivity index (χ1v) is 11.7. The SMILES string of the molecule is O=C1/C(=C\c2ccccc2)C2=C(C(=O)N(c3ccccc3)[C@H]2c2ccccc2F)N1c1ccccc1. The highest BCUT2D eigenvalue weighted by Gasteiger charge is 2.52.